The van der Waals surface area contributed by atoms with E-state index in [9.17, 15) is 4.79 Å². The van der Waals surface area contributed by atoms with E-state index in [0.29, 0.717) is 37.4 Å². The number of fused-ring (bicyclic) bond motifs is 1. The van der Waals surface area contributed by atoms with Crippen LogP contribution >= 0.6 is 0 Å². The molecule has 0 saturated carbocycles. The second-order valence-corrected chi connectivity index (χ2v) is 4.42. The third-order valence-corrected chi connectivity index (χ3v) is 3.16. The van der Waals surface area contributed by atoms with Gasteiger partial charge in [-0.15, -0.1) is 0 Å². The van der Waals surface area contributed by atoms with E-state index in [1.807, 2.05) is 19.1 Å². The van der Waals surface area contributed by atoms with E-state index in [1.54, 1.807) is 11.0 Å². The number of ether oxygens (including phenoxy) is 1. The molecule has 5 heteroatoms. The number of para-hydroxylation sites is 1. The lowest BCUT2D eigenvalue weighted by molar-refractivity contribution is 0.0750. The number of aliphatic hydroxyl groups excluding tert-OH is 1. The van der Waals surface area contributed by atoms with E-state index >= 15 is 0 Å². The summed E-state index contributed by atoms with van der Waals surface area (Å²) in [6, 6.07) is 5.55. The van der Waals surface area contributed by atoms with Gasteiger partial charge in [0.2, 0.25) is 0 Å². The Labute approximate surface area is 113 Å². The second-order valence-electron chi connectivity index (χ2n) is 4.42. The van der Waals surface area contributed by atoms with Crippen LogP contribution in [0.25, 0.3) is 0 Å². The molecule has 5 nitrogen and oxygen atoms in total. The first-order chi connectivity index (χ1) is 9.27. The molecule has 0 unspecified atom stereocenters. The third kappa shape index (κ3) is 2.98. The Kier molecular flexibility index (Phi) is 4.63. The van der Waals surface area contributed by atoms with Gasteiger partial charge in [0.15, 0.2) is 5.75 Å². The monoisotopic (exact) mass is 264 g/mol. The lowest BCUT2D eigenvalue weighted by Gasteiger charge is -2.25. The fraction of sp³-hybridized carbons (Fsp3) is 0.500. The van der Waals surface area contributed by atoms with Crippen LogP contribution in [0, 0.1) is 0 Å². The normalized spacial score (nSPS) is 13.2. The van der Waals surface area contributed by atoms with Crippen molar-refractivity contribution in [1.82, 2.24) is 4.90 Å². The van der Waals surface area contributed by atoms with Gasteiger partial charge in [0.25, 0.3) is 5.91 Å². The maximum absolute atomic E-state index is 12.5. The first-order valence-electron chi connectivity index (χ1n) is 6.67. The average Bonchev–Trinajstić information content (AvgIpc) is 2.47. The number of carbonyl (C=O) groups is 1. The third-order valence-electron chi connectivity index (χ3n) is 3.16. The van der Waals surface area contributed by atoms with Crippen molar-refractivity contribution >= 4 is 11.6 Å². The quantitative estimate of drug-likeness (QED) is 0.842. The van der Waals surface area contributed by atoms with E-state index in [4.69, 9.17) is 9.84 Å². The van der Waals surface area contributed by atoms with Crippen molar-refractivity contribution in [3.05, 3.63) is 23.8 Å². The Morgan fingerprint density at radius 3 is 3.11 bits per heavy atom. The zero-order valence-electron chi connectivity index (χ0n) is 11.2. The first-order valence-corrected chi connectivity index (χ1v) is 6.67. The number of amides is 1. The van der Waals surface area contributed by atoms with Crippen LogP contribution in [0.3, 0.4) is 0 Å². The molecule has 1 aliphatic heterocycles. The SMILES string of the molecule is CCN(CCCO)C(=O)c1cccc2c1OCCN2. The smallest absolute Gasteiger partial charge is 0.257 e. The molecular formula is C14H20N2O3. The van der Waals surface area contributed by atoms with Gasteiger partial charge in [-0.3, -0.25) is 4.79 Å². The molecule has 0 atom stereocenters. The summed E-state index contributed by atoms with van der Waals surface area (Å²) in [7, 11) is 0. The van der Waals surface area contributed by atoms with Gasteiger partial charge in [0.1, 0.15) is 6.61 Å². The molecular weight excluding hydrogens is 244 g/mol. The molecule has 0 bridgehead atoms. The summed E-state index contributed by atoms with van der Waals surface area (Å²) >= 11 is 0. The molecule has 0 aromatic heterocycles. The Balaban J connectivity index is 2.22. The van der Waals surface area contributed by atoms with E-state index in [2.05, 4.69) is 5.32 Å². The molecule has 0 saturated heterocycles. The van der Waals surface area contributed by atoms with Crippen molar-refractivity contribution in [1.29, 1.82) is 0 Å². The summed E-state index contributed by atoms with van der Waals surface area (Å²) in [5.41, 5.74) is 1.46. The number of rotatable bonds is 5. The number of hydrogen-bond acceptors (Lipinski definition) is 4. The Morgan fingerprint density at radius 1 is 1.53 bits per heavy atom. The van der Waals surface area contributed by atoms with Gasteiger partial charge < -0.3 is 20.1 Å². The molecule has 0 aliphatic carbocycles. The Bertz CT molecular complexity index is 448. The maximum Gasteiger partial charge on any atom is 0.257 e. The highest BCUT2D eigenvalue weighted by molar-refractivity contribution is 5.99. The highest BCUT2D eigenvalue weighted by Gasteiger charge is 2.22. The minimum absolute atomic E-state index is 0.0449. The van der Waals surface area contributed by atoms with Crippen LogP contribution in [-0.4, -0.2) is 48.8 Å². The van der Waals surface area contributed by atoms with Crippen molar-refractivity contribution in [2.45, 2.75) is 13.3 Å². The summed E-state index contributed by atoms with van der Waals surface area (Å²) < 4.78 is 5.62. The molecule has 1 heterocycles. The number of nitrogens with one attached hydrogen (secondary N) is 1. The number of anilines is 1. The van der Waals surface area contributed by atoms with Gasteiger partial charge in [-0.2, -0.15) is 0 Å². The highest BCUT2D eigenvalue weighted by Crippen LogP contribution is 2.31. The number of benzene rings is 1. The molecule has 0 radical (unpaired) electrons. The fourth-order valence-electron chi connectivity index (χ4n) is 2.17. The lowest BCUT2D eigenvalue weighted by Crippen LogP contribution is -2.33. The van der Waals surface area contributed by atoms with Gasteiger partial charge >= 0.3 is 0 Å². The molecule has 1 aromatic carbocycles. The van der Waals surface area contributed by atoms with Crippen LogP contribution in [0.5, 0.6) is 5.75 Å². The van der Waals surface area contributed by atoms with Crippen LogP contribution in [-0.2, 0) is 0 Å². The van der Waals surface area contributed by atoms with Gasteiger partial charge in [-0.05, 0) is 25.5 Å². The zero-order valence-corrected chi connectivity index (χ0v) is 11.2. The van der Waals surface area contributed by atoms with Crippen LogP contribution in [0.15, 0.2) is 18.2 Å². The summed E-state index contributed by atoms with van der Waals surface area (Å²) in [5, 5.41) is 12.1. The number of aliphatic hydroxyl groups is 1. The minimum atomic E-state index is -0.0449. The van der Waals surface area contributed by atoms with E-state index in [-0.39, 0.29) is 12.5 Å². The topological polar surface area (TPSA) is 61.8 Å². The van der Waals surface area contributed by atoms with Crippen LogP contribution < -0.4 is 10.1 Å². The standard InChI is InChI=1S/C14H20N2O3/c1-2-16(8-4-9-17)14(18)11-5-3-6-12-13(11)19-10-7-15-12/h3,5-6,15,17H,2,4,7-10H2,1H3. The highest BCUT2D eigenvalue weighted by atomic mass is 16.5. The van der Waals surface area contributed by atoms with Crippen molar-refractivity contribution in [3.8, 4) is 5.75 Å². The predicted octanol–water partition coefficient (Wildman–Crippen LogP) is 1.34. The summed E-state index contributed by atoms with van der Waals surface area (Å²) in [6.07, 6.45) is 0.591. The van der Waals surface area contributed by atoms with Gasteiger partial charge in [0, 0.05) is 26.2 Å². The van der Waals surface area contributed by atoms with Crippen LogP contribution in [0.1, 0.15) is 23.7 Å². The number of hydrogen-bond donors (Lipinski definition) is 2. The van der Waals surface area contributed by atoms with E-state index in [1.165, 1.54) is 0 Å². The van der Waals surface area contributed by atoms with E-state index in [0.717, 1.165) is 12.2 Å². The molecule has 19 heavy (non-hydrogen) atoms. The fourth-order valence-corrected chi connectivity index (χ4v) is 2.17. The van der Waals surface area contributed by atoms with E-state index < -0.39 is 0 Å². The lowest BCUT2D eigenvalue weighted by atomic mass is 10.1. The Morgan fingerprint density at radius 2 is 2.37 bits per heavy atom. The second kappa shape index (κ2) is 6.43. The summed E-state index contributed by atoms with van der Waals surface area (Å²) in [6.45, 7) is 4.53. The maximum atomic E-state index is 12.5. The zero-order chi connectivity index (χ0) is 13.7. The van der Waals surface area contributed by atoms with Gasteiger partial charge in [-0.25, -0.2) is 0 Å². The van der Waals surface area contributed by atoms with Crippen LogP contribution in [0.2, 0.25) is 0 Å². The molecule has 0 fully saturated rings. The largest absolute Gasteiger partial charge is 0.489 e. The number of nitrogens with zero attached hydrogens (tertiary/aromatic N) is 1. The van der Waals surface area contributed by atoms with Crippen LogP contribution in [0.4, 0.5) is 5.69 Å². The first kappa shape index (κ1) is 13.7. The molecule has 1 aliphatic rings. The molecule has 104 valence electrons. The van der Waals surface area contributed by atoms with Crippen molar-refractivity contribution in [3.63, 3.8) is 0 Å². The average molecular weight is 264 g/mol. The van der Waals surface area contributed by atoms with Crippen molar-refractivity contribution < 1.29 is 14.6 Å². The molecule has 2 rings (SSSR count). The van der Waals surface area contributed by atoms with Crippen molar-refractivity contribution in [2.75, 3.05) is 38.2 Å². The molecule has 1 amide bonds. The summed E-state index contributed by atoms with van der Waals surface area (Å²) in [5.74, 6) is 0.595. The minimum Gasteiger partial charge on any atom is -0.489 e. The molecule has 1 aromatic rings. The van der Waals surface area contributed by atoms with Gasteiger partial charge in [-0.1, -0.05) is 6.07 Å². The molecule has 2 N–H and O–H groups in total. The Hall–Kier alpha value is -1.75. The molecule has 0 spiro atoms. The van der Waals surface area contributed by atoms with Crippen molar-refractivity contribution in [2.24, 2.45) is 0 Å². The van der Waals surface area contributed by atoms with Gasteiger partial charge in [0.05, 0.1) is 11.3 Å². The predicted molar refractivity (Wildman–Crippen MR) is 73.7 cm³/mol. The number of carbonyl (C=O) groups excluding carboxylic acids is 1. The summed E-state index contributed by atoms with van der Waals surface area (Å²) in [4.78, 5) is 14.2.